The zero-order valence-electron chi connectivity index (χ0n) is 14.2. The second-order valence-corrected chi connectivity index (χ2v) is 8.18. The Morgan fingerprint density at radius 3 is 2.70 bits per heavy atom. The van der Waals surface area contributed by atoms with E-state index in [9.17, 15) is 4.79 Å². The van der Waals surface area contributed by atoms with Gasteiger partial charge in [-0.2, -0.15) is 5.10 Å². The van der Waals surface area contributed by atoms with Gasteiger partial charge in [0.1, 0.15) is 10.7 Å². The van der Waals surface area contributed by atoms with Crippen molar-refractivity contribution in [2.75, 3.05) is 0 Å². The lowest BCUT2D eigenvalue weighted by molar-refractivity contribution is 0.527. The fraction of sp³-hybridized carbons (Fsp3) is 0.471. The van der Waals surface area contributed by atoms with E-state index in [1.807, 2.05) is 23.0 Å². The summed E-state index contributed by atoms with van der Waals surface area (Å²) in [5.41, 5.74) is 0.863. The van der Waals surface area contributed by atoms with Gasteiger partial charge in [-0.15, -0.1) is 11.3 Å². The van der Waals surface area contributed by atoms with Crippen molar-refractivity contribution in [2.24, 2.45) is 0 Å². The highest BCUT2D eigenvalue weighted by Gasteiger charge is 2.19. The number of fused-ring (bicyclic) bond motifs is 1. The summed E-state index contributed by atoms with van der Waals surface area (Å²) in [5.74, 6) is 0.666. The lowest BCUT2D eigenvalue weighted by Crippen LogP contribution is -2.11. The van der Waals surface area contributed by atoms with Crippen LogP contribution < -0.4 is 5.56 Å². The van der Waals surface area contributed by atoms with Gasteiger partial charge in [0.15, 0.2) is 0 Å². The first kappa shape index (κ1) is 15.9. The number of aromatic nitrogens is 4. The molecule has 3 aromatic rings. The third kappa shape index (κ3) is 3.22. The van der Waals surface area contributed by atoms with E-state index in [2.05, 4.69) is 49.7 Å². The van der Waals surface area contributed by atoms with Crippen LogP contribution in [0.1, 0.15) is 57.1 Å². The predicted molar refractivity (Wildman–Crippen MR) is 94.4 cm³/mol. The molecule has 3 aromatic heterocycles. The Balaban J connectivity index is 1.97. The molecular formula is C17H22N4OS. The molecule has 0 bridgehead atoms. The Kier molecular flexibility index (Phi) is 3.88. The molecule has 23 heavy (non-hydrogen) atoms. The van der Waals surface area contributed by atoms with E-state index >= 15 is 0 Å². The quantitative estimate of drug-likeness (QED) is 0.797. The summed E-state index contributed by atoms with van der Waals surface area (Å²) in [5, 5.41) is 5.19. The van der Waals surface area contributed by atoms with Crippen molar-refractivity contribution in [1.29, 1.82) is 0 Å². The zero-order chi connectivity index (χ0) is 16.8. The molecule has 0 saturated heterocycles. The average molecular weight is 330 g/mol. The Hall–Kier alpha value is -1.95. The maximum atomic E-state index is 12.3. The first-order valence-corrected chi connectivity index (χ1v) is 8.63. The number of hydrogen-bond acceptors (Lipinski definition) is 4. The van der Waals surface area contributed by atoms with Gasteiger partial charge in [0.25, 0.3) is 5.56 Å². The summed E-state index contributed by atoms with van der Waals surface area (Å²) in [6, 6.07) is 4.26. The third-order valence-electron chi connectivity index (χ3n) is 3.73. The molecule has 0 fully saturated rings. The second kappa shape index (κ2) is 5.60. The number of nitrogens with one attached hydrogen (secondary N) is 1. The summed E-state index contributed by atoms with van der Waals surface area (Å²) in [4.78, 5) is 21.8. The molecule has 0 aromatic carbocycles. The van der Waals surface area contributed by atoms with E-state index in [0.717, 1.165) is 10.5 Å². The molecule has 0 aliphatic heterocycles. The van der Waals surface area contributed by atoms with Gasteiger partial charge in [0, 0.05) is 17.1 Å². The fourth-order valence-electron chi connectivity index (χ4n) is 2.36. The van der Waals surface area contributed by atoms with E-state index in [1.165, 1.54) is 4.88 Å². The summed E-state index contributed by atoms with van der Waals surface area (Å²) < 4.78 is 1.91. The number of hydrogen-bond donors (Lipinski definition) is 1. The van der Waals surface area contributed by atoms with Gasteiger partial charge >= 0.3 is 0 Å². The van der Waals surface area contributed by atoms with Crippen molar-refractivity contribution >= 4 is 21.6 Å². The van der Waals surface area contributed by atoms with E-state index in [4.69, 9.17) is 0 Å². The number of rotatable bonds is 3. The van der Waals surface area contributed by atoms with Crippen molar-refractivity contribution in [2.45, 2.75) is 52.5 Å². The minimum atomic E-state index is -0.0694. The zero-order valence-corrected chi connectivity index (χ0v) is 15.0. The summed E-state index contributed by atoms with van der Waals surface area (Å²) >= 11 is 1.60. The molecule has 0 spiro atoms. The van der Waals surface area contributed by atoms with Gasteiger partial charge in [0.05, 0.1) is 17.5 Å². The molecular weight excluding hydrogens is 308 g/mol. The van der Waals surface area contributed by atoms with Crippen LogP contribution in [0, 0.1) is 0 Å². The Labute approximate surface area is 139 Å². The number of H-pyrrole nitrogens is 1. The van der Waals surface area contributed by atoms with Crippen molar-refractivity contribution in [3.8, 4) is 0 Å². The van der Waals surface area contributed by atoms with Crippen LogP contribution in [0.3, 0.4) is 0 Å². The highest BCUT2D eigenvalue weighted by atomic mass is 32.1. The molecule has 0 aliphatic carbocycles. The third-order valence-corrected chi connectivity index (χ3v) is 5.19. The molecule has 0 atom stereocenters. The largest absolute Gasteiger partial charge is 0.310 e. The number of aromatic amines is 1. The van der Waals surface area contributed by atoms with Crippen LogP contribution in [0.4, 0.5) is 0 Å². The molecule has 0 radical (unpaired) electrons. The van der Waals surface area contributed by atoms with Gasteiger partial charge in [-0.25, -0.2) is 4.98 Å². The van der Waals surface area contributed by atoms with E-state index in [-0.39, 0.29) is 11.0 Å². The van der Waals surface area contributed by atoms with E-state index < -0.39 is 0 Å². The topological polar surface area (TPSA) is 63.6 Å². The van der Waals surface area contributed by atoms with Gasteiger partial charge in [0.2, 0.25) is 0 Å². The summed E-state index contributed by atoms with van der Waals surface area (Å²) in [6.45, 7) is 10.6. The molecule has 1 N–H and O–H groups in total. The number of thiophene rings is 1. The maximum Gasteiger partial charge on any atom is 0.259 e. The van der Waals surface area contributed by atoms with E-state index in [1.54, 1.807) is 11.3 Å². The molecule has 0 aliphatic rings. The second-order valence-electron chi connectivity index (χ2n) is 7.15. The van der Waals surface area contributed by atoms with Crippen LogP contribution in [0.15, 0.2) is 23.1 Å². The first-order valence-electron chi connectivity index (χ1n) is 7.81. The van der Waals surface area contributed by atoms with E-state index in [0.29, 0.717) is 23.7 Å². The molecule has 0 unspecified atom stereocenters. The monoisotopic (exact) mass is 330 g/mol. The molecule has 3 heterocycles. The molecule has 3 rings (SSSR count). The summed E-state index contributed by atoms with van der Waals surface area (Å²) in [7, 11) is 0. The van der Waals surface area contributed by atoms with Crippen LogP contribution in [-0.4, -0.2) is 19.7 Å². The van der Waals surface area contributed by atoms with Gasteiger partial charge in [-0.1, -0.05) is 20.8 Å². The molecule has 6 heteroatoms. The minimum Gasteiger partial charge on any atom is -0.310 e. The van der Waals surface area contributed by atoms with Gasteiger partial charge in [-0.05, 0) is 31.4 Å². The lowest BCUT2D eigenvalue weighted by Gasteiger charge is -2.14. The molecule has 0 saturated carbocycles. The highest BCUT2D eigenvalue weighted by Crippen LogP contribution is 2.31. The maximum absolute atomic E-state index is 12.3. The number of nitrogens with zero attached hydrogens (tertiary/aromatic N) is 3. The van der Waals surface area contributed by atoms with Crippen molar-refractivity contribution in [1.82, 2.24) is 19.7 Å². The van der Waals surface area contributed by atoms with Gasteiger partial charge < -0.3 is 4.98 Å². The molecule has 122 valence electrons. The van der Waals surface area contributed by atoms with Crippen molar-refractivity contribution in [3.63, 3.8) is 0 Å². The van der Waals surface area contributed by atoms with Crippen molar-refractivity contribution < 1.29 is 0 Å². The van der Waals surface area contributed by atoms with Gasteiger partial charge in [-0.3, -0.25) is 9.48 Å². The Morgan fingerprint density at radius 2 is 2.09 bits per heavy atom. The van der Waals surface area contributed by atoms with Crippen LogP contribution in [0.25, 0.3) is 10.2 Å². The molecule has 5 nitrogen and oxygen atoms in total. The standard InChI is InChI=1S/C17H22N4OS/c1-10(2)21-7-6-11(20-21)8-14-18-15(22)12-9-13(17(3,4)5)23-16(12)19-14/h6-7,9-10H,8H2,1-5H3,(H,18,19,22). The SMILES string of the molecule is CC(C)n1ccc(Cc2nc3sc(C(C)(C)C)cc3c(=O)[nH]2)n1. The average Bonchev–Trinajstić information content (AvgIpc) is 3.04. The summed E-state index contributed by atoms with van der Waals surface area (Å²) in [6.07, 6.45) is 2.49. The predicted octanol–water partition coefficient (Wildman–Crippen LogP) is 3.65. The normalized spacial score (nSPS) is 12.4. The lowest BCUT2D eigenvalue weighted by atomic mass is 9.94. The van der Waals surface area contributed by atoms with Crippen LogP contribution in [0.5, 0.6) is 0 Å². The Bertz CT molecular complexity index is 895. The Morgan fingerprint density at radius 1 is 1.35 bits per heavy atom. The highest BCUT2D eigenvalue weighted by molar-refractivity contribution is 7.18. The fourth-order valence-corrected chi connectivity index (χ4v) is 3.47. The molecule has 0 amide bonds. The van der Waals surface area contributed by atoms with Crippen LogP contribution in [0.2, 0.25) is 0 Å². The minimum absolute atomic E-state index is 0.0218. The smallest absolute Gasteiger partial charge is 0.259 e. The van der Waals surface area contributed by atoms with Crippen LogP contribution >= 0.6 is 11.3 Å². The first-order chi connectivity index (χ1) is 10.7. The van der Waals surface area contributed by atoms with Crippen molar-refractivity contribution in [3.05, 3.63) is 45.1 Å². The van der Waals surface area contributed by atoms with Crippen LogP contribution in [-0.2, 0) is 11.8 Å².